The lowest BCUT2D eigenvalue weighted by Crippen LogP contribution is -2.49. The minimum atomic E-state index is -0.461. The van der Waals surface area contributed by atoms with Crippen LogP contribution in [0.2, 0.25) is 0 Å². The average Bonchev–Trinajstić information content (AvgIpc) is 2.62. The Labute approximate surface area is 140 Å². The van der Waals surface area contributed by atoms with Gasteiger partial charge in [0, 0.05) is 37.3 Å². The molecule has 0 N–H and O–H groups in total. The number of non-ortho nitro benzene ring substituents is 1. The van der Waals surface area contributed by atoms with Crippen LogP contribution in [0.15, 0.2) is 54.6 Å². The molecule has 0 radical (unpaired) electrons. The number of rotatable bonds is 3. The Balaban J connectivity index is 1.87. The highest BCUT2D eigenvalue weighted by molar-refractivity contribution is 5.94. The largest absolute Gasteiger partial charge is 0.329 e. The second kappa shape index (κ2) is 6.80. The van der Waals surface area contributed by atoms with Crippen molar-refractivity contribution in [2.75, 3.05) is 26.7 Å². The molecule has 0 spiro atoms. The van der Waals surface area contributed by atoms with Gasteiger partial charge in [-0.15, -0.1) is 0 Å². The van der Waals surface area contributed by atoms with E-state index in [1.807, 2.05) is 42.3 Å². The van der Waals surface area contributed by atoms with Crippen molar-refractivity contribution >= 4 is 11.6 Å². The molecule has 1 saturated heterocycles. The third-order valence-corrected chi connectivity index (χ3v) is 4.35. The van der Waals surface area contributed by atoms with Crippen LogP contribution in [0.1, 0.15) is 22.0 Å². The fourth-order valence-corrected chi connectivity index (χ4v) is 3.01. The third kappa shape index (κ3) is 3.28. The Hall–Kier alpha value is -2.73. The molecule has 1 heterocycles. The Morgan fingerprint density at radius 1 is 1.08 bits per heavy atom. The van der Waals surface area contributed by atoms with Crippen LogP contribution >= 0.6 is 0 Å². The molecule has 1 atom stereocenters. The summed E-state index contributed by atoms with van der Waals surface area (Å²) in [4.78, 5) is 27.3. The predicted molar refractivity (Wildman–Crippen MR) is 90.8 cm³/mol. The summed E-state index contributed by atoms with van der Waals surface area (Å²) in [5.74, 6) is -0.0909. The van der Waals surface area contributed by atoms with Crippen molar-refractivity contribution in [3.05, 3.63) is 75.8 Å². The number of carbonyl (C=O) groups is 1. The SMILES string of the molecule is CN1CCN(C(=O)c2ccc([N+](=O)[O-])cc2)C(c2ccccc2)C1. The summed E-state index contributed by atoms with van der Waals surface area (Å²) in [5, 5.41) is 10.8. The van der Waals surface area contributed by atoms with E-state index in [1.165, 1.54) is 24.3 Å². The van der Waals surface area contributed by atoms with Gasteiger partial charge in [-0.25, -0.2) is 0 Å². The second-order valence-electron chi connectivity index (χ2n) is 5.99. The lowest BCUT2D eigenvalue weighted by molar-refractivity contribution is -0.384. The van der Waals surface area contributed by atoms with E-state index in [1.54, 1.807) is 0 Å². The van der Waals surface area contributed by atoms with E-state index < -0.39 is 4.92 Å². The van der Waals surface area contributed by atoms with Crippen LogP contribution < -0.4 is 0 Å². The van der Waals surface area contributed by atoms with Gasteiger partial charge in [0.15, 0.2) is 0 Å². The van der Waals surface area contributed by atoms with Crippen LogP contribution in [-0.2, 0) is 0 Å². The fraction of sp³-hybridized carbons (Fsp3) is 0.278. The molecular weight excluding hydrogens is 306 g/mol. The Bertz CT molecular complexity index is 731. The third-order valence-electron chi connectivity index (χ3n) is 4.35. The van der Waals surface area contributed by atoms with Gasteiger partial charge in [-0.1, -0.05) is 30.3 Å². The van der Waals surface area contributed by atoms with E-state index in [4.69, 9.17) is 0 Å². The Morgan fingerprint density at radius 3 is 2.38 bits per heavy atom. The minimum Gasteiger partial charge on any atom is -0.329 e. The maximum atomic E-state index is 12.9. The molecule has 0 saturated carbocycles. The number of piperazine rings is 1. The topological polar surface area (TPSA) is 66.7 Å². The van der Waals surface area contributed by atoms with Gasteiger partial charge in [0.25, 0.3) is 11.6 Å². The number of amides is 1. The zero-order valence-corrected chi connectivity index (χ0v) is 13.5. The smallest absolute Gasteiger partial charge is 0.269 e. The van der Waals surface area contributed by atoms with E-state index in [0.717, 1.165) is 18.7 Å². The first kappa shape index (κ1) is 16.1. The summed E-state index contributed by atoms with van der Waals surface area (Å²) in [6, 6.07) is 15.7. The summed E-state index contributed by atoms with van der Waals surface area (Å²) in [6.07, 6.45) is 0. The second-order valence-corrected chi connectivity index (χ2v) is 5.99. The number of benzene rings is 2. The number of likely N-dealkylation sites (N-methyl/N-ethyl adjacent to an activating group) is 1. The first-order valence-electron chi connectivity index (χ1n) is 7.85. The number of nitro benzene ring substituents is 1. The molecule has 2 aromatic rings. The summed E-state index contributed by atoms with van der Waals surface area (Å²) in [7, 11) is 2.05. The van der Waals surface area contributed by atoms with Gasteiger partial charge in [-0.2, -0.15) is 0 Å². The molecule has 1 unspecified atom stereocenters. The maximum absolute atomic E-state index is 12.9. The fourth-order valence-electron chi connectivity index (χ4n) is 3.01. The molecule has 1 fully saturated rings. The summed E-state index contributed by atoms with van der Waals surface area (Å²) in [6.45, 7) is 2.21. The van der Waals surface area contributed by atoms with E-state index in [-0.39, 0.29) is 17.6 Å². The number of hydrogen-bond donors (Lipinski definition) is 0. The van der Waals surface area contributed by atoms with E-state index in [9.17, 15) is 14.9 Å². The first-order valence-corrected chi connectivity index (χ1v) is 7.85. The molecule has 24 heavy (non-hydrogen) atoms. The number of hydrogen-bond acceptors (Lipinski definition) is 4. The highest BCUT2D eigenvalue weighted by atomic mass is 16.6. The lowest BCUT2D eigenvalue weighted by Gasteiger charge is -2.40. The monoisotopic (exact) mass is 325 g/mol. The van der Waals surface area contributed by atoms with Gasteiger partial charge in [0.1, 0.15) is 0 Å². The van der Waals surface area contributed by atoms with Crippen LogP contribution in [0.5, 0.6) is 0 Å². The summed E-state index contributed by atoms with van der Waals surface area (Å²) in [5.41, 5.74) is 1.56. The van der Waals surface area contributed by atoms with Gasteiger partial charge in [-0.3, -0.25) is 14.9 Å². The molecular formula is C18H19N3O3. The summed E-state index contributed by atoms with van der Waals surface area (Å²) >= 11 is 0. The van der Waals surface area contributed by atoms with Crippen molar-refractivity contribution in [1.29, 1.82) is 0 Å². The average molecular weight is 325 g/mol. The first-order chi connectivity index (χ1) is 11.6. The van der Waals surface area contributed by atoms with Crippen molar-refractivity contribution in [1.82, 2.24) is 9.80 Å². The molecule has 0 aromatic heterocycles. The normalized spacial score (nSPS) is 18.4. The van der Waals surface area contributed by atoms with Gasteiger partial charge in [0.2, 0.25) is 0 Å². The van der Waals surface area contributed by atoms with Crippen LogP contribution in [0.3, 0.4) is 0 Å². The lowest BCUT2D eigenvalue weighted by atomic mass is 10.0. The molecule has 124 valence electrons. The van der Waals surface area contributed by atoms with Gasteiger partial charge >= 0.3 is 0 Å². The van der Waals surface area contributed by atoms with Gasteiger partial charge in [0.05, 0.1) is 11.0 Å². The Kier molecular flexibility index (Phi) is 4.57. The van der Waals surface area contributed by atoms with Crippen LogP contribution in [0, 0.1) is 10.1 Å². The summed E-state index contributed by atoms with van der Waals surface area (Å²) < 4.78 is 0. The van der Waals surface area contributed by atoms with Crippen molar-refractivity contribution in [3.63, 3.8) is 0 Å². The quantitative estimate of drug-likeness (QED) is 0.643. The molecule has 6 heteroatoms. The van der Waals surface area contributed by atoms with E-state index >= 15 is 0 Å². The van der Waals surface area contributed by atoms with Crippen LogP contribution in [-0.4, -0.2) is 47.3 Å². The van der Waals surface area contributed by atoms with Crippen molar-refractivity contribution in [2.45, 2.75) is 6.04 Å². The maximum Gasteiger partial charge on any atom is 0.269 e. The zero-order valence-electron chi connectivity index (χ0n) is 13.5. The molecule has 1 amide bonds. The zero-order chi connectivity index (χ0) is 17.1. The van der Waals surface area contributed by atoms with Gasteiger partial charge < -0.3 is 9.80 Å². The molecule has 3 rings (SSSR count). The van der Waals surface area contributed by atoms with Crippen LogP contribution in [0.4, 0.5) is 5.69 Å². The standard InChI is InChI=1S/C18H19N3O3/c1-19-11-12-20(17(13-19)14-5-3-2-4-6-14)18(22)15-7-9-16(10-8-15)21(23)24/h2-10,17H,11-13H2,1H3. The van der Waals surface area contributed by atoms with Crippen LogP contribution in [0.25, 0.3) is 0 Å². The molecule has 0 bridgehead atoms. The molecule has 1 aliphatic heterocycles. The number of nitro groups is 1. The molecule has 6 nitrogen and oxygen atoms in total. The van der Waals surface area contributed by atoms with Crippen molar-refractivity contribution in [2.24, 2.45) is 0 Å². The highest BCUT2D eigenvalue weighted by Gasteiger charge is 2.30. The Morgan fingerprint density at radius 2 is 1.75 bits per heavy atom. The van der Waals surface area contributed by atoms with E-state index in [0.29, 0.717) is 12.1 Å². The highest BCUT2D eigenvalue weighted by Crippen LogP contribution is 2.27. The number of carbonyl (C=O) groups excluding carboxylic acids is 1. The van der Waals surface area contributed by atoms with Crippen molar-refractivity contribution < 1.29 is 9.72 Å². The van der Waals surface area contributed by atoms with Crippen molar-refractivity contribution in [3.8, 4) is 0 Å². The molecule has 2 aromatic carbocycles. The number of nitrogens with zero attached hydrogens (tertiary/aromatic N) is 3. The minimum absolute atomic E-state index is 0.00969. The van der Waals surface area contributed by atoms with Gasteiger partial charge in [-0.05, 0) is 24.7 Å². The molecule has 1 aliphatic rings. The molecule has 0 aliphatic carbocycles. The predicted octanol–water partition coefficient (Wildman–Crippen LogP) is 2.72. The van der Waals surface area contributed by atoms with E-state index in [2.05, 4.69) is 4.90 Å².